The zero-order valence-corrected chi connectivity index (χ0v) is 24.1. The van der Waals surface area contributed by atoms with Crippen molar-refractivity contribution >= 4 is 29.3 Å². The number of hydrogen-bond acceptors (Lipinski definition) is 4. The van der Waals surface area contributed by atoms with Crippen LogP contribution in [-0.4, -0.2) is 60.0 Å². The number of nitrogens with zero attached hydrogens (tertiary/aromatic N) is 2. The molecule has 3 fully saturated rings. The Kier molecular flexibility index (Phi) is 9.15. The molecule has 2 aliphatic heterocycles. The van der Waals surface area contributed by atoms with E-state index in [0.29, 0.717) is 17.5 Å². The Labute approximate surface area is 239 Å². The first kappa shape index (κ1) is 28.3. The Morgan fingerprint density at radius 1 is 0.900 bits per heavy atom. The third kappa shape index (κ3) is 6.38. The lowest BCUT2D eigenvalue weighted by Gasteiger charge is -2.32. The highest BCUT2D eigenvalue weighted by molar-refractivity contribution is 6.08. The van der Waals surface area contributed by atoms with Crippen molar-refractivity contribution in [3.8, 4) is 0 Å². The monoisotopic (exact) mass is 540 g/mol. The van der Waals surface area contributed by atoms with E-state index in [0.717, 1.165) is 67.8 Å². The minimum Gasteiger partial charge on any atom is -0.339 e. The molecular weight excluding hydrogens is 496 g/mol. The van der Waals surface area contributed by atoms with Crippen LogP contribution in [-0.2, 0) is 4.79 Å². The molecule has 40 heavy (non-hydrogen) atoms. The second-order valence-corrected chi connectivity index (χ2v) is 11.9. The van der Waals surface area contributed by atoms with E-state index in [2.05, 4.69) is 34.5 Å². The number of rotatable bonds is 7. The normalized spacial score (nSPS) is 21.4. The van der Waals surface area contributed by atoms with Crippen LogP contribution in [0.2, 0.25) is 0 Å². The highest BCUT2D eigenvalue weighted by Crippen LogP contribution is 2.31. The predicted octanol–water partition coefficient (Wildman–Crippen LogP) is 6.66. The molecule has 6 nitrogen and oxygen atoms in total. The number of anilines is 1. The fourth-order valence-corrected chi connectivity index (χ4v) is 6.78. The van der Waals surface area contributed by atoms with Gasteiger partial charge in [-0.1, -0.05) is 55.7 Å². The quantitative estimate of drug-likeness (QED) is 0.386. The van der Waals surface area contributed by atoms with E-state index in [9.17, 15) is 9.59 Å². The van der Waals surface area contributed by atoms with Gasteiger partial charge in [0.2, 0.25) is 5.91 Å². The Bertz CT molecular complexity index is 1240. The van der Waals surface area contributed by atoms with Crippen molar-refractivity contribution in [3.05, 3.63) is 70.8 Å². The lowest BCUT2D eigenvalue weighted by atomic mass is 9.88. The molecule has 2 heterocycles. The first-order valence-corrected chi connectivity index (χ1v) is 15.2. The summed E-state index contributed by atoms with van der Waals surface area (Å²) in [5.74, 6) is 0.570. The molecule has 0 radical (unpaired) electrons. The number of carbonyl (C=O) groups excluding carboxylic acids is 2. The maximum atomic E-state index is 13.4. The summed E-state index contributed by atoms with van der Waals surface area (Å²) in [5, 5.41) is 10.7. The van der Waals surface area contributed by atoms with E-state index in [1.165, 1.54) is 43.9 Å². The van der Waals surface area contributed by atoms with Crippen molar-refractivity contribution in [3.63, 3.8) is 0 Å². The highest BCUT2D eigenvalue weighted by Gasteiger charge is 2.33. The van der Waals surface area contributed by atoms with Gasteiger partial charge in [-0.05, 0) is 92.8 Å². The molecule has 1 unspecified atom stereocenters. The van der Waals surface area contributed by atoms with Crippen LogP contribution in [0.1, 0.15) is 91.3 Å². The van der Waals surface area contributed by atoms with Crippen molar-refractivity contribution in [2.75, 3.05) is 31.5 Å². The van der Waals surface area contributed by atoms with Crippen molar-refractivity contribution in [1.29, 1.82) is 5.41 Å². The van der Waals surface area contributed by atoms with E-state index in [4.69, 9.17) is 5.41 Å². The summed E-state index contributed by atoms with van der Waals surface area (Å²) in [6, 6.07) is 14.9. The predicted molar refractivity (Wildman–Crippen MR) is 163 cm³/mol. The summed E-state index contributed by atoms with van der Waals surface area (Å²) < 4.78 is 0. The van der Waals surface area contributed by atoms with E-state index in [1.807, 2.05) is 43.0 Å². The number of benzene rings is 2. The molecule has 2 saturated heterocycles. The summed E-state index contributed by atoms with van der Waals surface area (Å²) in [6.45, 7) is 7.25. The molecule has 2 N–H and O–H groups in total. The van der Waals surface area contributed by atoms with Gasteiger partial charge in [0.25, 0.3) is 5.91 Å². The summed E-state index contributed by atoms with van der Waals surface area (Å²) >= 11 is 0. The molecule has 2 aromatic rings. The Morgan fingerprint density at radius 3 is 2.27 bits per heavy atom. The molecule has 1 aliphatic carbocycles. The van der Waals surface area contributed by atoms with Crippen LogP contribution in [0.5, 0.6) is 0 Å². The van der Waals surface area contributed by atoms with E-state index in [1.54, 1.807) is 0 Å². The summed E-state index contributed by atoms with van der Waals surface area (Å²) in [5.41, 5.74) is 5.66. The first-order chi connectivity index (χ1) is 19.5. The molecule has 212 valence electrons. The van der Waals surface area contributed by atoms with Gasteiger partial charge in [0.05, 0.1) is 5.92 Å². The lowest BCUT2D eigenvalue weighted by Crippen LogP contribution is -2.38. The van der Waals surface area contributed by atoms with Gasteiger partial charge in [-0.2, -0.15) is 0 Å². The highest BCUT2D eigenvalue weighted by atomic mass is 16.2. The number of nitrogens with one attached hydrogen (secondary N) is 2. The van der Waals surface area contributed by atoms with Crippen LogP contribution in [0.25, 0.3) is 5.57 Å². The molecule has 2 amide bonds. The number of carbonyl (C=O) groups is 2. The summed E-state index contributed by atoms with van der Waals surface area (Å²) in [4.78, 5) is 31.1. The van der Waals surface area contributed by atoms with Crippen molar-refractivity contribution in [2.24, 2.45) is 5.92 Å². The van der Waals surface area contributed by atoms with Gasteiger partial charge < -0.3 is 15.6 Å². The maximum Gasteiger partial charge on any atom is 0.253 e. The lowest BCUT2D eigenvalue weighted by molar-refractivity contribution is -0.119. The molecule has 5 rings (SSSR count). The van der Waals surface area contributed by atoms with Crippen molar-refractivity contribution in [2.45, 2.75) is 77.2 Å². The second kappa shape index (κ2) is 12.9. The Hall–Kier alpha value is -3.25. The van der Waals surface area contributed by atoms with E-state index < -0.39 is 0 Å². The van der Waals surface area contributed by atoms with Gasteiger partial charge in [-0.25, -0.2) is 0 Å². The minimum atomic E-state index is 0.0171. The third-order valence-corrected chi connectivity index (χ3v) is 9.39. The van der Waals surface area contributed by atoms with Crippen LogP contribution < -0.4 is 5.32 Å². The standard InChI is InChI=1S/C34H44N4O2/c1-3-25(22-35)26-11-13-27(14-12-26)28-15-18-37(19-16-28)34(40)29-10-9-24(2)32(21-29)36-33(39)30-17-20-38(23-30)31-7-5-4-6-8-31/h3,9-14,21-22,28,30-31,35H,4-8,15-20,23H2,1-2H3,(H,36,39)/b25-3+,35-22?. The topological polar surface area (TPSA) is 76.5 Å². The van der Waals surface area contributed by atoms with Gasteiger partial charge in [0.15, 0.2) is 0 Å². The number of amides is 2. The fraction of sp³-hybridized carbons (Fsp3) is 0.500. The van der Waals surface area contributed by atoms with Crippen LogP contribution in [0, 0.1) is 18.3 Å². The van der Waals surface area contributed by atoms with Crippen LogP contribution in [0.4, 0.5) is 5.69 Å². The van der Waals surface area contributed by atoms with Gasteiger partial charge >= 0.3 is 0 Å². The van der Waals surface area contributed by atoms with Crippen LogP contribution in [0.3, 0.4) is 0 Å². The first-order valence-electron chi connectivity index (χ1n) is 15.2. The van der Waals surface area contributed by atoms with Gasteiger partial charge in [-0.15, -0.1) is 0 Å². The molecule has 0 spiro atoms. The zero-order valence-electron chi connectivity index (χ0n) is 24.1. The molecule has 3 aliphatic rings. The van der Waals surface area contributed by atoms with Gasteiger partial charge in [0.1, 0.15) is 0 Å². The number of allylic oxidation sites excluding steroid dienone is 2. The number of aryl methyl sites for hydroxylation is 1. The second-order valence-electron chi connectivity index (χ2n) is 11.9. The fourth-order valence-electron chi connectivity index (χ4n) is 6.78. The molecular formula is C34H44N4O2. The Morgan fingerprint density at radius 2 is 1.60 bits per heavy atom. The van der Waals surface area contributed by atoms with Gasteiger partial charge in [-0.3, -0.25) is 14.5 Å². The molecule has 0 bridgehead atoms. The molecule has 1 atom stereocenters. The number of hydrogen-bond donors (Lipinski definition) is 2. The largest absolute Gasteiger partial charge is 0.339 e. The molecule has 6 heteroatoms. The smallest absolute Gasteiger partial charge is 0.253 e. The van der Waals surface area contributed by atoms with Crippen molar-refractivity contribution < 1.29 is 9.59 Å². The van der Waals surface area contributed by atoms with E-state index >= 15 is 0 Å². The van der Waals surface area contributed by atoms with Crippen LogP contribution >= 0.6 is 0 Å². The maximum absolute atomic E-state index is 13.4. The third-order valence-electron chi connectivity index (χ3n) is 9.39. The SMILES string of the molecule is C/C=C(\C=N)c1ccc(C2CCN(C(=O)c3ccc(C)c(NC(=O)C4CCN(C5CCCCC5)C4)c3)CC2)cc1. The summed E-state index contributed by atoms with van der Waals surface area (Å²) in [7, 11) is 0. The van der Waals surface area contributed by atoms with Gasteiger partial charge in [0, 0.05) is 43.1 Å². The Balaban J connectivity index is 1.16. The average Bonchev–Trinajstić information content (AvgIpc) is 3.50. The molecule has 2 aromatic carbocycles. The van der Waals surface area contributed by atoms with Crippen molar-refractivity contribution in [1.82, 2.24) is 9.80 Å². The average molecular weight is 541 g/mol. The van der Waals surface area contributed by atoms with E-state index in [-0.39, 0.29) is 17.7 Å². The number of likely N-dealkylation sites (tertiary alicyclic amines) is 2. The minimum absolute atomic E-state index is 0.0171. The number of piperidine rings is 1. The molecule has 0 aromatic heterocycles. The summed E-state index contributed by atoms with van der Waals surface area (Å²) in [6.07, 6.45) is 12.6. The molecule has 1 saturated carbocycles. The van der Waals surface area contributed by atoms with Crippen LogP contribution in [0.15, 0.2) is 48.5 Å². The zero-order chi connectivity index (χ0) is 28.1.